The number of nitrogens with zero attached hydrogens (tertiary/aromatic N) is 6. The molecule has 0 aliphatic heterocycles. The van der Waals surface area contributed by atoms with E-state index >= 15 is 0 Å². The fraction of sp³-hybridized carbons (Fsp3) is 0. The molecule has 10 rings (SSSR count). The SMILES string of the molecule is c1c[nH]c(-c2c(-c3nccs3)c(-c3csnn3)c(-c3conn3)c3c(-c4ccc5ccccc5n4)c(-c4cc5ccccc5s4)oc23)c1. The first-order valence-electron chi connectivity index (χ1n) is 14.9. The van der Waals surface area contributed by atoms with Crippen molar-refractivity contribution in [2.24, 2.45) is 0 Å². The van der Waals surface area contributed by atoms with Crippen molar-refractivity contribution in [1.82, 2.24) is 34.9 Å². The Morgan fingerprint density at radius 2 is 1.67 bits per heavy atom. The van der Waals surface area contributed by atoms with Crippen LogP contribution < -0.4 is 0 Å². The topological polar surface area (TPSA) is 119 Å². The molecule has 228 valence electrons. The molecule has 0 saturated heterocycles. The van der Waals surface area contributed by atoms with Gasteiger partial charge in [0.15, 0.2) is 12.0 Å². The number of aromatic nitrogens is 7. The van der Waals surface area contributed by atoms with E-state index in [2.05, 4.69) is 73.5 Å². The summed E-state index contributed by atoms with van der Waals surface area (Å²) in [5.74, 6) is 0.707. The van der Waals surface area contributed by atoms with Crippen LogP contribution >= 0.6 is 34.2 Å². The van der Waals surface area contributed by atoms with E-state index in [1.54, 1.807) is 35.1 Å². The molecular formula is C36H19N7O2S3. The Hall–Kier alpha value is -5.82. The number of pyridine rings is 1. The van der Waals surface area contributed by atoms with E-state index in [9.17, 15) is 0 Å². The Labute approximate surface area is 283 Å². The highest BCUT2D eigenvalue weighted by atomic mass is 32.1. The molecule has 0 aliphatic rings. The third-order valence-corrected chi connectivity index (χ3v) is 10.8. The summed E-state index contributed by atoms with van der Waals surface area (Å²) in [6.45, 7) is 0. The second-order valence-corrected chi connectivity index (χ2v) is 13.6. The Bertz CT molecular complexity index is 2700. The van der Waals surface area contributed by atoms with Crippen molar-refractivity contribution in [3.8, 4) is 66.2 Å². The molecule has 0 aliphatic carbocycles. The van der Waals surface area contributed by atoms with E-state index in [1.807, 2.05) is 47.3 Å². The maximum Gasteiger partial charge on any atom is 0.154 e. The van der Waals surface area contributed by atoms with E-state index in [1.165, 1.54) is 11.5 Å². The van der Waals surface area contributed by atoms with Gasteiger partial charge in [0.05, 0.1) is 27.2 Å². The van der Waals surface area contributed by atoms with Gasteiger partial charge in [0, 0.05) is 66.3 Å². The minimum atomic E-state index is 0.532. The second-order valence-electron chi connectivity index (χ2n) is 11.0. The molecule has 48 heavy (non-hydrogen) atoms. The molecule has 0 radical (unpaired) electrons. The third kappa shape index (κ3) is 4.20. The van der Waals surface area contributed by atoms with Crippen molar-refractivity contribution in [3.63, 3.8) is 0 Å². The molecule has 0 amide bonds. The van der Waals surface area contributed by atoms with Crippen LogP contribution in [0.2, 0.25) is 0 Å². The zero-order valence-electron chi connectivity index (χ0n) is 24.6. The molecular weight excluding hydrogens is 659 g/mol. The normalized spacial score (nSPS) is 11.8. The molecule has 0 spiro atoms. The number of H-pyrrole nitrogens is 1. The average molecular weight is 678 g/mol. The van der Waals surface area contributed by atoms with E-state index in [0.29, 0.717) is 22.7 Å². The number of thiophene rings is 1. The van der Waals surface area contributed by atoms with Crippen LogP contribution in [0.1, 0.15) is 0 Å². The Morgan fingerprint density at radius 3 is 2.46 bits per heavy atom. The van der Waals surface area contributed by atoms with Crippen molar-refractivity contribution in [2.75, 3.05) is 0 Å². The summed E-state index contributed by atoms with van der Waals surface area (Å²) < 4.78 is 18.0. The molecule has 3 aromatic carbocycles. The van der Waals surface area contributed by atoms with Crippen molar-refractivity contribution >= 4 is 66.2 Å². The van der Waals surface area contributed by atoms with Gasteiger partial charge in [-0.15, -0.1) is 32.9 Å². The summed E-state index contributed by atoms with van der Waals surface area (Å²) in [4.78, 5) is 14.5. The summed E-state index contributed by atoms with van der Waals surface area (Å²) in [6, 6.07) is 26.8. The summed E-state index contributed by atoms with van der Waals surface area (Å²) in [7, 11) is 0. The molecule has 0 unspecified atom stereocenters. The number of hydrogen-bond donors (Lipinski definition) is 1. The minimum absolute atomic E-state index is 0.532. The van der Waals surface area contributed by atoms with E-state index < -0.39 is 0 Å². The molecule has 0 bridgehead atoms. The molecule has 9 nitrogen and oxygen atoms in total. The number of aromatic amines is 1. The molecule has 7 aromatic heterocycles. The van der Waals surface area contributed by atoms with Gasteiger partial charge < -0.3 is 13.9 Å². The van der Waals surface area contributed by atoms with Crippen LogP contribution in [-0.2, 0) is 0 Å². The van der Waals surface area contributed by atoms with Crippen LogP contribution in [0.15, 0.2) is 117 Å². The van der Waals surface area contributed by atoms with E-state index in [-0.39, 0.29) is 0 Å². The van der Waals surface area contributed by atoms with Crippen molar-refractivity contribution in [2.45, 2.75) is 0 Å². The second kappa shape index (κ2) is 10.9. The van der Waals surface area contributed by atoms with Gasteiger partial charge >= 0.3 is 0 Å². The number of para-hydroxylation sites is 1. The Morgan fingerprint density at radius 1 is 0.750 bits per heavy atom. The smallest absolute Gasteiger partial charge is 0.154 e. The summed E-state index contributed by atoms with van der Waals surface area (Å²) in [6.07, 6.45) is 5.27. The molecule has 7 heterocycles. The molecule has 0 atom stereocenters. The number of rotatable bonds is 6. The third-order valence-electron chi connectivity index (χ3n) is 8.39. The van der Waals surface area contributed by atoms with Crippen molar-refractivity contribution in [1.29, 1.82) is 0 Å². The van der Waals surface area contributed by atoms with Gasteiger partial charge in [0.1, 0.15) is 22.0 Å². The maximum atomic E-state index is 7.20. The number of furan rings is 1. The monoisotopic (exact) mass is 677 g/mol. The molecule has 10 aromatic rings. The summed E-state index contributed by atoms with van der Waals surface area (Å²) in [5, 5.41) is 20.7. The minimum Gasteiger partial charge on any atom is -0.454 e. The van der Waals surface area contributed by atoms with Gasteiger partial charge in [0.25, 0.3) is 0 Å². The van der Waals surface area contributed by atoms with Crippen LogP contribution in [0, 0.1) is 0 Å². The van der Waals surface area contributed by atoms with Crippen LogP contribution in [0.4, 0.5) is 0 Å². The molecule has 0 saturated carbocycles. The van der Waals surface area contributed by atoms with Crippen LogP contribution in [-0.4, -0.2) is 34.9 Å². The lowest BCUT2D eigenvalue weighted by molar-refractivity contribution is 0.393. The molecule has 12 heteroatoms. The Balaban J connectivity index is 1.46. The number of hydrogen-bond acceptors (Lipinski definition) is 11. The standard InChI is InChI=1S/C36H19N7O2S3/c1-3-8-21-19(6-1)11-12-23(39-21)31-32-28(24-17-44-42-40-24)29(25-18-47-43-41-25)33(36-38-14-15-46-36)30(22-9-5-13-37-22)35(32)45-34(31)27-16-20-7-2-4-10-26(20)48-27/h1-18,37H. The molecule has 1 N–H and O–H groups in total. The fourth-order valence-electron chi connectivity index (χ4n) is 6.41. The van der Waals surface area contributed by atoms with Gasteiger partial charge in [-0.25, -0.2) is 9.97 Å². The van der Waals surface area contributed by atoms with E-state index in [0.717, 1.165) is 75.5 Å². The highest BCUT2D eigenvalue weighted by molar-refractivity contribution is 7.22. The first-order valence-corrected chi connectivity index (χ1v) is 17.4. The van der Waals surface area contributed by atoms with Gasteiger partial charge in [-0.05, 0) is 53.3 Å². The van der Waals surface area contributed by atoms with Crippen LogP contribution in [0.5, 0.6) is 0 Å². The first kappa shape index (κ1) is 27.3. The van der Waals surface area contributed by atoms with Gasteiger partial charge in [-0.2, -0.15) is 0 Å². The highest BCUT2D eigenvalue weighted by Gasteiger charge is 2.34. The summed E-state index contributed by atoms with van der Waals surface area (Å²) in [5.41, 5.74) is 8.47. The Kier molecular flexibility index (Phi) is 6.19. The lowest BCUT2D eigenvalue weighted by atomic mass is 9.86. The quantitative estimate of drug-likeness (QED) is 0.185. The predicted molar refractivity (Wildman–Crippen MR) is 191 cm³/mol. The van der Waals surface area contributed by atoms with Gasteiger partial charge in [-0.1, -0.05) is 47.0 Å². The van der Waals surface area contributed by atoms with Crippen LogP contribution in [0.3, 0.4) is 0 Å². The number of thiazole rings is 1. The van der Waals surface area contributed by atoms with E-state index in [4.69, 9.17) is 18.9 Å². The first-order chi connectivity index (χ1) is 23.8. The van der Waals surface area contributed by atoms with Gasteiger partial charge in [0.2, 0.25) is 0 Å². The maximum absolute atomic E-state index is 7.20. The zero-order valence-corrected chi connectivity index (χ0v) is 27.1. The average Bonchev–Trinajstić information content (AvgIpc) is 3.98. The fourth-order valence-corrected chi connectivity index (χ4v) is 8.61. The number of nitrogens with one attached hydrogen (secondary N) is 1. The predicted octanol–water partition coefficient (Wildman–Crippen LogP) is 10.2. The van der Waals surface area contributed by atoms with Crippen LogP contribution in [0.25, 0.3) is 98.2 Å². The van der Waals surface area contributed by atoms with Crippen molar-refractivity contribution in [3.05, 3.63) is 108 Å². The summed E-state index contributed by atoms with van der Waals surface area (Å²) >= 11 is 4.50. The number of fused-ring (bicyclic) bond motifs is 3. The lowest BCUT2D eigenvalue weighted by Gasteiger charge is -2.17. The lowest BCUT2D eigenvalue weighted by Crippen LogP contribution is -1.98. The zero-order chi connectivity index (χ0) is 31.6. The molecule has 0 fully saturated rings. The van der Waals surface area contributed by atoms with Crippen molar-refractivity contribution < 1.29 is 8.94 Å². The number of benzene rings is 3. The largest absolute Gasteiger partial charge is 0.454 e. The highest BCUT2D eigenvalue weighted by Crippen LogP contribution is 2.56. The van der Waals surface area contributed by atoms with Gasteiger partial charge in [-0.3, -0.25) is 0 Å².